The van der Waals surface area contributed by atoms with Crippen molar-refractivity contribution in [3.05, 3.63) is 22.2 Å². The molecule has 0 atom stereocenters. The third-order valence-electron chi connectivity index (χ3n) is 1.91. The second kappa shape index (κ2) is 5.91. The molecule has 1 rings (SSSR count). The number of ether oxygens (including phenoxy) is 2. The zero-order valence-electron chi connectivity index (χ0n) is 9.99. The van der Waals surface area contributed by atoms with Crippen molar-refractivity contribution < 1.29 is 19.4 Å². The molecule has 94 valence electrons. The third kappa shape index (κ3) is 3.63. The molecule has 0 aliphatic heterocycles. The van der Waals surface area contributed by atoms with Gasteiger partial charge in [-0.2, -0.15) is 0 Å². The van der Waals surface area contributed by atoms with Crippen molar-refractivity contribution >= 4 is 21.9 Å². The van der Waals surface area contributed by atoms with Crippen LogP contribution in [0.15, 0.2) is 16.6 Å². The Balaban J connectivity index is 3.22. The lowest BCUT2D eigenvalue weighted by molar-refractivity contribution is 0.0696. The fourth-order valence-electron chi connectivity index (χ4n) is 1.30. The summed E-state index contributed by atoms with van der Waals surface area (Å²) in [6, 6.07) is 2.97. The maximum Gasteiger partial charge on any atom is 0.335 e. The van der Waals surface area contributed by atoms with Gasteiger partial charge < -0.3 is 14.6 Å². The van der Waals surface area contributed by atoms with E-state index in [-0.39, 0.29) is 11.7 Å². The maximum absolute atomic E-state index is 10.9. The van der Waals surface area contributed by atoms with Gasteiger partial charge in [0.05, 0.1) is 22.7 Å². The molecule has 0 aliphatic carbocycles. The van der Waals surface area contributed by atoms with Crippen molar-refractivity contribution in [1.29, 1.82) is 0 Å². The highest BCUT2D eigenvalue weighted by Crippen LogP contribution is 2.37. The van der Waals surface area contributed by atoms with Crippen molar-refractivity contribution in [2.45, 2.75) is 26.9 Å². The minimum atomic E-state index is -0.997. The van der Waals surface area contributed by atoms with Gasteiger partial charge in [0, 0.05) is 0 Å². The Labute approximate surface area is 109 Å². The highest BCUT2D eigenvalue weighted by Gasteiger charge is 2.16. The molecule has 0 fully saturated rings. The normalized spacial score (nSPS) is 10.4. The third-order valence-corrected chi connectivity index (χ3v) is 2.50. The molecule has 1 aromatic carbocycles. The number of carbonyl (C=O) groups is 1. The average Bonchev–Trinajstić information content (AvgIpc) is 2.22. The number of hydrogen-bond acceptors (Lipinski definition) is 3. The largest absolute Gasteiger partial charge is 0.490 e. The van der Waals surface area contributed by atoms with E-state index in [9.17, 15) is 4.79 Å². The zero-order chi connectivity index (χ0) is 13.0. The van der Waals surface area contributed by atoms with Crippen molar-refractivity contribution in [3.63, 3.8) is 0 Å². The Kier molecular flexibility index (Phi) is 4.81. The molecule has 0 aromatic heterocycles. The van der Waals surface area contributed by atoms with Crippen LogP contribution < -0.4 is 9.47 Å². The molecule has 1 aromatic rings. The van der Waals surface area contributed by atoms with Crippen molar-refractivity contribution in [2.24, 2.45) is 0 Å². The summed E-state index contributed by atoms with van der Waals surface area (Å²) >= 11 is 3.30. The van der Waals surface area contributed by atoms with E-state index in [0.717, 1.165) is 0 Å². The summed E-state index contributed by atoms with van der Waals surface area (Å²) in [5.74, 6) is -0.0254. The molecule has 0 unspecified atom stereocenters. The van der Waals surface area contributed by atoms with Crippen LogP contribution in [0.5, 0.6) is 11.5 Å². The number of aromatic carboxylic acids is 1. The molecule has 0 radical (unpaired) electrons. The van der Waals surface area contributed by atoms with E-state index in [0.29, 0.717) is 22.6 Å². The smallest absolute Gasteiger partial charge is 0.335 e. The van der Waals surface area contributed by atoms with Crippen LogP contribution in [0.1, 0.15) is 31.1 Å². The summed E-state index contributed by atoms with van der Waals surface area (Å²) in [6.45, 7) is 6.07. The lowest BCUT2D eigenvalue weighted by Gasteiger charge is -2.16. The molecule has 0 aliphatic rings. The monoisotopic (exact) mass is 302 g/mol. The Bertz CT molecular complexity index is 415. The van der Waals surface area contributed by atoms with Crippen LogP contribution in [0.25, 0.3) is 0 Å². The van der Waals surface area contributed by atoms with E-state index >= 15 is 0 Å². The zero-order valence-corrected chi connectivity index (χ0v) is 11.6. The first-order valence-electron chi connectivity index (χ1n) is 5.32. The predicted octanol–water partition coefficient (Wildman–Crippen LogP) is 3.33. The Morgan fingerprint density at radius 1 is 1.47 bits per heavy atom. The van der Waals surface area contributed by atoms with Gasteiger partial charge in [0.2, 0.25) is 0 Å². The standard InChI is InChI=1S/C12H15BrO4/c1-4-16-10-6-8(12(14)15)5-9(13)11(10)17-7(2)3/h5-7H,4H2,1-3H3,(H,14,15). The first-order valence-corrected chi connectivity index (χ1v) is 6.11. The molecule has 0 saturated heterocycles. The van der Waals surface area contributed by atoms with Gasteiger partial charge >= 0.3 is 5.97 Å². The fraction of sp³-hybridized carbons (Fsp3) is 0.417. The van der Waals surface area contributed by atoms with E-state index in [2.05, 4.69) is 15.9 Å². The van der Waals surface area contributed by atoms with Crippen LogP contribution in [-0.2, 0) is 0 Å². The highest BCUT2D eigenvalue weighted by molar-refractivity contribution is 9.10. The van der Waals surface area contributed by atoms with Crippen LogP contribution in [0.2, 0.25) is 0 Å². The van der Waals surface area contributed by atoms with Gasteiger partial charge in [0.1, 0.15) is 0 Å². The number of carboxylic acids is 1. The van der Waals surface area contributed by atoms with E-state index in [1.165, 1.54) is 12.1 Å². The summed E-state index contributed by atoms with van der Waals surface area (Å²) in [7, 11) is 0. The first kappa shape index (κ1) is 13.8. The topological polar surface area (TPSA) is 55.8 Å². The summed E-state index contributed by atoms with van der Waals surface area (Å²) in [6.07, 6.45) is -0.0128. The van der Waals surface area contributed by atoms with Gasteiger partial charge in [-0.15, -0.1) is 0 Å². The van der Waals surface area contributed by atoms with Gasteiger partial charge in [-0.25, -0.2) is 4.79 Å². The van der Waals surface area contributed by atoms with Crippen molar-refractivity contribution in [1.82, 2.24) is 0 Å². The van der Waals surface area contributed by atoms with Gasteiger partial charge in [-0.3, -0.25) is 0 Å². The molecule has 0 amide bonds. The minimum Gasteiger partial charge on any atom is -0.490 e. The highest BCUT2D eigenvalue weighted by atomic mass is 79.9. The quantitative estimate of drug-likeness (QED) is 0.906. The van der Waals surface area contributed by atoms with Crippen LogP contribution >= 0.6 is 15.9 Å². The molecule has 0 bridgehead atoms. The molecule has 4 nitrogen and oxygen atoms in total. The number of benzene rings is 1. The molecule has 17 heavy (non-hydrogen) atoms. The molecular formula is C12H15BrO4. The van der Waals surface area contributed by atoms with Crippen LogP contribution in [0, 0.1) is 0 Å². The fourth-order valence-corrected chi connectivity index (χ4v) is 1.84. The predicted molar refractivity (Wildman–Crippen MR) is 68.0 cm³/mol. The summed E-state index contributed by atoms with van der Waals surface area (Å²) in [5.41, 5.74) is 0.163. The molecule has 0 heterocycles. The average molecular weight is 303 g/mol. The molecule has 5 heteroatoms. The van der Waals surface area contributed by atoms with Gasteiger partial charge in [0.15, 0.2) is 11.5 Å². The van der Waals surface area contributed by atoms with E-state index in [1.54, 1.807) is 0 Å². The minimum absolute atomic E-state index is 0.0128. The van der Waals surface area contributed by atoms with Gasteiger partial charge in [0.25, 0.3) is 0 Å². The number of hydrogen-bond donors (Lipinski definition) is 1. The number of carboxylic acid groups (broad SMARTS) is 1. The maximum atomic E-state index is 10.9. The number of halogens is 1. The van der Waals surface area contributed by atoms with Crippen molar-refractivity contribution in [3.8, 4) is 11.5 Å². The Hall–Kier alpha value is -1.23. The van der Waals surface area contributed by atoms with E-state index in [1.807, 2.05) is 20.8 Å². The summed E-state index contributed by atoms with van der Waals surface area (Å²) in [5, 5.41) is 8.96. The van der Waals surface area contributed by atoms with Crippen LogP contribution in [0.3, 0.4) is 0 Å². The molecule has 0 spiro atoms. The van der Waals surface area contributed by atoms with E-state index in [4.69, 9.17) is 14.6 Å². The van der Waals surface area contributed by atoms with Crippen LogP contribution in [-0.4, -0.2) is 23.8 Å². The van der Waals surface area contributed by atoms with Crippen LogP contribution in [0.4, 0.5) is 0 Å². The lowest BCUT2D eigenvalue weighted by atomic mass is 10.2. The Morgan fingerprint density at radius 2 is 2.12 bits per heavy atom. The molecule has 0 saturated carbocycles. The molecular weight excluding hydrogens is 288 g/mol. The second-order valence-electron chi connectivity index (χ2n) is 3.69. The SMILES string of the molecule is CCOc1cc(C(=O)O)cc(Br)c1OC(C)C. The second-order valence-corrected chi connectivity index (χ2v) is 4.54. The van der Waals surface area contributed by atoms with Crippen molar-refractivity contribution in [2.75, 3.05) is 6.61 Å². The first-order chi connectivity index (χ1) is 7.95. The van der Waals surface area contributed by atoms with Gasteiger partial charge in [-0.05, 0) is 48.8 Å². The summed E-state index contributed by atoms with van der Waals surface area (Å²) < 4.78 is 11.6. The summed E-state index contributed by atoms with van der Waals surface area (Å²) in [4.78, 5) is 10.9. The van der Waals surface area contributed by atoms with Gasteiger partial charge in [-0.1, -0.05) is 0 Å². The molecule has 1 N–H and O–H groups in total. The Morgan fingerprint density at radius 3 is 2.59 bits per heavy atom. The lowest BCUT2D eigenvalue weighted by Crippen LogP contribution is -2.09. The van der Waals surface area contributed by atoms with E-state index < -0.39 is 5.97 Å². The number of rotatable bonds is 5.